The third-order valence-electron chi connectivity index (χ3n) is 3.70. The summed E-state index contributed by atoms with van der Waals surface area (Å²) in [5, 5.41) is 10.6. The molecular weight excluding hydrogens is 324 g/mol. The summed E-state index contributed by atoms with van der Waals surface area (Å²) in [4.78, 5) is 23.1. The molecule has 1 aromatic rings. The third-order valence-corrected chi connectivity index (χ3v) is 5.76. The van der Waals surface area contributed by atoms with Crippen LogP contribution in [-0.4, -0.2) is 62.8 Å². The number of aryl methyl sites for hydroxylation is 1. The zero-order valence-electron chi connectivity index (χ0n) is 12.8. The first kappa shape index (κ1) is 17.2. The van der Waals surface area contributed by atoms with E-state index >= 15 is 0 Å². The number of amides is 1. The summed E-state index contributed by atoms with van der Waals surface area (Å²) in [6, 6.07) is 4.67. The van der Waals surface area contributed by atoms with E-state index in [0.29, 0.717) is 11.3 Å². The van der Waals surface area contributed by atoms with Gasteiger partial charge in [-0.05, 0) is 30.7 Å². The number of aliphatic carboxylic acids is 1. The van der Waals surface area contributed by atoms with Crippen LogP contribution in [0.5, 0.6) is 5.75 Å². The van der Waals surface area contributed by atoms with E-state index in [0.717, 1.165) is 4.90 Å². The van der Waals surface area contributed by atoms with Gasteiger partial charge in [-0.3, -0.25) is 4.79 Å². The molecule has 0 radical (unpaired) electrons. The van der Waals surface area contributed by atoms with Gasteiger partial charge in [0.25, 0.3) is 5.91 Å². The highest BCUT2D eigenvalue weighted by molar-refractivity contribution is 7.89. The number of methoxy groups -OCH3 is 1. The van der Waals surface area contributed by atoms with Crippen LogP contribution in [0.4, 0.5) is 0 Å². The Labute approximate surface area is 134 Å². The number of sulfonamides is 1. The first-order valence-electron chi connectivity index (χ1n) is 6.92. The molecule has 0 aliphatic carbocycles. The molecule has 1 aromatic carbocycles. The van der Waals surface area contributed by atoms with Gasteiger partial charge in [-0.2, -0.15) is 4.31 Å². The lowest BCUT2D eigenvalue weighted by molar-refractivity contribution is -0.301. The van der Waals surface area contributed by atoms with Gasteiger partial charge in [-0.25, -0.2) is 8.42 Å². The maximum absolute atomic E-state index is 12.7. The molecule has 0 atom stereocenters. The van der Waals surface area contributed by atoms with Crippen LogP contribution >= 0.6 is 0 Å². The minimum atomic E-state index is -3.71. The van der Waals surface area contributed by atoms with E-state index in [1.807, 2.05) is 0 Å². The highest BCUT2D eigenvalue weighted by Crippen LogP contribution is 2.24. The van der Waals surface area contributed by atoms with Crippen molar-refractivity contribution in [1.29, 1.82) is 0 Å². The second-order valence-electron chi connectivity index (χ2n) is 5.12. The van der Waals surface area contributed by atoms with E-state index in [9.17, 15) is 23.1 Å². The molecule has 2 rings (SSSR count). The minimum Gasteiger partial charge on any atom is -0.540 e. The van der Waals surface area contributed by atoms with Crippen molar-refractivity contribution in [3.8, 4) is 5.75 Å². The van der Waals surface area contributed by atoms with Crippen molar-refractivity contribution in [3.05, 3.63) is 23.8 Å². The van der Waals surface area contributed by atoms with Crippen molar-refractivity contribution in [2.24, 2.45) is 0 Å². The van der Waals surface area contributed by atoms with Crippen molar-refractivity contribution in [2.45, 2.75) is 11.8 Å². The molecule has 126 valence electrons. The Hall–Kier alpha value is -2.13. The first-order valence-corrected chi connectivity index (χ1v) is 8.36. The Bertz CT molecular complexity index is 723. The monoisotopic (exact) mass is 341 g/mol. The Balaban J connectivity index is 2.16. The summed E-state index contributed by atoms with van der Waals surface area (Å²) in [5.74, 6) is -2.35. The topological polar surface area (TPSA) is 107 Å². The molecular formula is C14H17N2O6S-. The van der Waals surface area contributed by atoms with Crippen LogP contribution in [0.3, 0.4) is 0 Å². The third kappa shape index (κ3) is 3.45. The molecule has 1 saturated heterocycles. The Morgan fingerprint density at radius 3 is 2.26 bits per heavy atom. The lowest BCUT2D eigenvalue weighted by Gasteiger charge is -2.34. The number of carbonyl (C=O) groups excluding carboxylic acids is 2. The predicted molar refractivity (Wildman–Crippen MR) is 78.1 cm³/mol. The molecule has 23 heavy (non-hydrogen) atoms. The molecule has 1 amide bonds. The number of hydrogen-bond donors (Lipinski definition) is 0. The predicted octanol–water partition coefficient (Wildman–Crippen LogP) is -1.41. The van der Waals surface area contributed by atoms with Gasteiger partial charge >= 0.3 is 0 Å². The smallest absolute Gasteiger partial charge is 0.269 e. The van der Waals surface area contributed by atoms with Gasteiger partial charge in [-0.1, -0.05) is 0 Å². The average molecular weight is 341 g/mol. The maximum atomic E-state index is 12.7. The molecule has 0 saturated carbocycles. The van der Waals surface area contributed by atoms with Gasteiger partial charge < -0.3 is 19.5 Å². The van der Waals surface area contributed by atoms with Crippen LogP contribution in [-0.2, 0) is 19.6 Å². The molecule has 1 heterocycles. The number of ether oxygens (including phenoxy) is 1. The number of carbonyl (C=O) groups is 2. The van der Waals surface area contributed by atoms with Crippen LogP contribution in [0.2, 0.25) is 0 Å². The lowest BCUT2D eigenvalue weighted by atomic mass is 10.2. The van der Waals surface area contributed by atoms with Crippen molar-refractivity contribution in [3.63, 3.8) is 0 Å². The normalized spacial score (nSPS) is 16.2. The van der Waals surface area contributed by atoms with E-state index < -0.39 is 21.9 Å². The zero-order valence-corrected chi connectivity index (χ0v) is 13.6. The fraction of sp³-hybridized carbons (Fsp3) is 0.429. The summed E-state index contributed by atoms with van der Waals surface area (Å²) in [6.07, 6.45) is 0. The van der Waals surface area contributed by atoms with E-state index in [1.54, 1.807) is 19.1 Å². The largest absolute Gasteiger partial charge is 0.540 e. The van der Waals surface area contributed by atoms with E-state index in [1.165, 1.54) is 17.5 Å². The highest BCUT2D eigenvalue weighted by Gasteiger charge is 2.31. The average Bonchev–Trinajstić information content (AvgIpc) is 2.53. The molecule has 8 nitrogen and oxygen atoms in total. The second-order valence-corrected chi connectivity index (χ2v) is 7.02. The number of carboxylic acids is 1. The number of piperazine rings is 1. The van der Waals surface area contributed by atoms with Crippen LogP contribution < -0.4 is 9.84 Å². The minimum absolute atomic E-state index is 0.0151. The zero-order chi connectivity index (χ0) is 17.2. The van der Waals surface area contributed by atoms with E-state index in [-0.39, 0.29) is 31.1 Å². The fourth-order valence-corrected chi connectivity index (χ4v) is 4.07. The van der Waals surface area contributed by atoms with Crippen LogP contribution in [0.1, 0.15) is 5.56 Å². The van der Waals surface area contributed by atoms with Crippen LogP contribution in [0, 0.1) is 6.92 Å². The molecule has 0 bridgehead atoms. The second kappa shape index (κ2) is 6.55. The number of nitrogens with zero attached hydrogens (tertiary/aromatic N) is 2. The Kier molecular flexibility index (Phi) is 4.90. The van der Waals surface area contributed by atoms with Crippen molar-refractivity contribution >= 4 is 21.9 Å². The summed E-state index contributed by atoms with van der Waals surface area (Å²) < 4.78 is 31.6. The molecule has 1 aliphatic rings. The van der Waals surface area contributed by atoms with Crippen molar-refractivity contribution in [1.82, 2.24) is 9.21 Å². The highest BCUT2D eigenvalue weighted by atomic mass is 32.2. The summed E-state index contributed by atoms with van der Waals surface area (Å²) in [7, 11) is -2.21. The van der Waals surface area contributed by atoms with Gasteiger partial charge in [0.05, 0.1) is 12.0 Å². The molecule has 1 aliphatic heterocycles. The van der Waals surface area contributed by atoms with Crippen LogP contribution in [0.15, 0.2) is 23.1 Å². The maximum Gasteiger partial charge on any atom is 0.269 e. The number of rotatable bonds is 3. The quantitative estimate of drug-likeness (QED) is 0.625. The van der Waals surface area contributed by atoms with Gasteiger partial charge in [0.1, 0.15) is 11.7 Å². The van der Waals surface area contributed by atoms with Gasteiger partial charge in [0, 0.05) is 26.2 Å². The number of carboxylic acid groups (broad SMARTS) is 1. The Morgan fingerprint density at radius 2 is 1.78 bits per heavy atom. The summed E-state index contributed by atoms with van der Waals surface area (Å²) in [5.41, 5.74) is 0.553. The van der Waals surface area contributed by atoms with Gasteiger partial charge in [0.2, 0.25) is 10.0 Å². The molecule has 0 N–H and O–H groups in total. The number of benzene rings is 1. The lowest BCUT2D eigenvalue weighted by Crippen LogP contribution is -2.54. The van der Waals surface area contributed by atoms with E-state index in [4.69, 9.17) is 4.74 Å². The Morgan fingerprint density at radius 1 is 1.17 bits per heavy atom. The van der Waals surface area contributed by atoms with Gasteiger partial charge in [0.15, 0.2) is 0 Å². The SMILES string of the molecule is COc1ccc(S(=O)(=O)N2CCN(C(=O)C(=O)[O-])CC2)c(C)c1. The van der Waals surface area contributed by atoms with Gasteiger partial charge in [-0.15, -0.1) is 0 Å². The standard InChI is InChI=1S/C14H18N2O6S/c1-10-9-11(22-2)3-4-12(10)23(20,21)16-7-5-15(6-8-16)13(17)14(18)19/h3-4,9H,5-8H2,1-2H3,(H,18,19)/p-1. The molecule has 0 aromatic heterocycles. The summed E-state index contributed by atoms with van der Waals surface area (Å²) in [6.45, 7) is 1.77. The van der Waals surface area contributed by atoms with Crippen molar-refractivity contribution < 1.29 is 27.9 Å². The number of hydrogen-bond acceptors (Lipinski definition) is 6. The molecule has 9 heteroatoms. The fourth-order valence-electron chi connectivity index (χ4n) is 2.44. The van der Waals surface area contributed by atoms with Crippen molar-refractivity contribution in [2.75, 3.05) is 33.3 Å². The van der Waals surface area contributed by atoms with Crippen LogP contribution in [0.25, 0.3) is 0 Å². The molecule has 0 unspecified atom stereocenters. The molecule has 0 spiro atoms. The van der Waals surface area contributed by atoms with E-state index in [2.05, 4.69) is 0 Å². The first-order chi connectivity index (χ1) is 10.8. The molecule has 1 fully saturated rings. The summed E-state index contributed by atoms with van der Waals surface area (Å²) >= 11 is 0.